The van der Waals surface area contributed by atoms with Gasteiger partial charge in [0, 0.05) is 18.6 Å². The van der Waals surface area contributed by atoms with E-state index in [0.29, 0.717) is 30.1 Å². The van der Waals surface area contributed by atoms with Gasteiger partial charge in [-0.05, 0) is 56.8 Å². The Morgan fingerprint density at radius 2 is 1.54 bits per heavy atom. The molecule has 0 aromatic carbocycles. The standard InChI is InChI=1S/C20H37N3O2S/c1-2-16-8-10-19(11-9-16)23-20(22-18-6-4-3-5-7-18)21-14-17-12-13-26(24,25)15-17/h16-19H,2-15H2,1H3,(H2,21,22,23). The Morgan fingerprint density at radius 1 is 0.885 bits per heavy atom. The average molecular weight is 384 g/mol. The summed E-state index contributed by atoms with van der Waals surface area (Å²) in [6.07, 6.45) is 13.5. The SMILES string of the molecule is CCC1CCC(NC(=NCC2CCS(=O)(=O)C2)NC2CCCCC2)CC1. The molecule has 3 fully saturated rings. The van der Waals surface area contributed by atoms with Crippen molar-refractivity contribution in [2.45, 2.75) is 89.6 Å². The van der Waals surface area contributed by atoms with Crippen molar-refractivity contribution >= 4 is 15.8 Å². The quantitative estimate of drug-likeness (QED) is 0.565. The van der Waals surface area contributed by atoms with Crippen LogP contribution in [-0.2, 0) is 9.84 Å². The number of sulfone groups is 1. The number of nitrogens with one attached hydrogen (secondary N) is 2. The fraction of sp³-hybridized carbons (Fsp3) is 0.950. The molecule has 2 saturated carbocycles. The molecule has 0 aromatic heterocycles. The molecule has 26 heavy (non-hydrogen) atoms. The third kappa shape index (κ3) is 6.14. The van der Waals surface area contributed by atoms with Crippen LogP contribution in [0.5, 0.6) is 0 Å². The van der Waals surface area contributed by atoms with Gasteiger partial charge >= 0.3 is 0 Å². The molecule has 0 amide bonds. The topological polar surface area (TPSA) is 70.6 Å². The average Bonchev–Trinajstić information content (AvgIpc) is 3.00. The number of hydrogen-bond acceptors (Lipinski definition) is 3. The van der Waals surface area contributed by atoms with Gasteiger partial charge in [-0.2, -0.15) is 0 Å². The summed E-state index contributed by atoms with van der Waals surface area (Å²) in [6.45, 7) is 2.93. The zero-order valence-corrected chi connectivity index (χ0v) is 17.2. The van der Waals surface area contributed by atoms with Gasteiger partial charge in [0.15, 0.2) is 15.8 Å². The second-order valence-corrected chi connectivity index (χ2v) is 10.9. The van der Waals surface area contributed by atoms with E-state index in [1.165, 1.54) is 64.2 Å². The minimum Gasteiger partial charge on any atom is -0.354 e. The first-order valence-corrected chi connectivity index (χ1v) is 12.6. The van der Waals surface area contributed by atoms with Crippen molar-refractivity contribution in [3.05, 3.63) is 0 Å². The van der Waals surface area contributed by atoms with Crippen molar-refractivity contribution in [3.63, 3.8) is 0 Å². The van der Waals surface area contributed by atoms with E-state index in [-0.39, 0.29) is 5.92 Å². The zero-order chi connectivity index (χ0) is 18.4. The van der Waals surface area contributed by atoms with E-state index in [0.717, 1.165) is 18.3 Å². The van der Waals surface area contributed by atoms with E-state index < -0.39 is 9.84 Å². The molecule has 1 heterocycles. The molecule has 0 bridgehead atoms. The predicted octanol–water partition coefficient (Wildman–Crippen LogP) is 3.26. The molecule has 0 aromatic rings. The van der Waals surface area contributed by atoms with Crippen molar-refractivity contribution in [2.24, 2.45) is 16.8 Å². The van der Waals surface area contributed by atoms with Crippen LogP contribution in [0.25, 0.3) is 0 Å². The molecule has 1 aliphatic heterocycles. The lowest BCUT2D eigenvalue weighted by Gasteiger charge is -2.31. The highest BCUT2D eigenvalue weighted by molar-refractivity contribution is 7.91. The van der Waals surface area contributed by atoms with Crippen LogP contribution >= 0.6 is 0 Å². The van der Waals surface area contributed by atoms with Gasteiger partial charge in [-0.15, -0.1) is 0 Å². The van der Waals surface area contributed by atoms with Crippen LogP contribution in [0.4, 0.5) is 0 Å². The monoisotopic (exact) mass is 383 g/mol. The summed E-state index contributed by atoms with van der Waals surface area (Å²) in [4.78, 5) is 4.83. The Labute approximate surface area is 159 Å². The van der Waals surface area contributed by atoms with Gasteiger partial charge in [-0.25, -0.2) is 8.42 Å². The summed E-state index contributed by atoms with van der Waals surface area (Å²) < 4.78 is 23.4. The maximum absolute atomic E-state index is 11.7. The first kappa shape index (κ1) is 20.0. The van der Waals surface area contributed by atoms with Crippen LogP contribution in [-0.4, -0.2) is 44.5 Å². The molecule has 6 heteroatoms. The van der Waals surface area contributed by atoms with Crippen molar-refractivity contribution in [1.82, 2.24) is 10.6 Å². The third-order valence-corrected chi connectivity index (χ3v) is 8.38. The van der Waals surface area contributed by atoms with E-state index in [1.54, 1.807) is 0 Å². The van der Waals surface area contributed by atoms with Crippen LogP contribution in [0.15, 0.2) is 4.99 Å². The van der Waals surface area contributed by atoms with Gasteiger partial charge in [0.05, 0.1) is 11.5 Å². The fourth-order valence-electron chi connectivity index (χ4n) is 4.72. The Morgan fingerprint density at radius 3 is 2.12 bits per heavy atom. The predicted molar refractivity (Wildman–Crippen MR) is 108 cm³/mol. The van der Waals surface area contributed by atoms with E-state index in [9.17, 15) is 8.42 Å². The maximum Gasteiger partial charge on any atom is 0.191 e. The minimum absolute atomic E-state index is 0.195. The second-order valence-electron chi connectivity index (χ2n) is 8.71. The molecule has 0 radical (unpaired) electrons. The fourth-order valence-corrected chi connectivity index (χ4v) is 6.57. The molecule has 3 aliphatic rings. The Kier molecular flexibility index (Phi) is 7.24. The Hall–Kier alpha value is -0.780. The molecular weight excluding hydrogens is 346 g/mol. The molecular formula is C20H37N3O2S. The summed E-state index contributed by atoms with van der Waals surface area (Å²) in [7, 11) is -2.82. The summed E-state index contributed by atoms with van der Waals surface area (Å²) in [5, 5.41) is 7.34. The third-order valence-electron chi connectivity index (χ3n) is 6.55. The minimum atomic E-state index is -2.82. The lowest BCUT2D eigenvalue weighted by atomic mass is 9.84. The lowest BCUT2D eigenvalue weighted by Crippen LogP contribution is -2.49. The normalized spacial score (nSPS) is 33.1. The second kappa shape index (κ2) is 9.43. The first-order valence-electron chi connectivity index (χ1n) is 10.8. The van der Waals surface area contributed by atoms with Crippen LogP contribution < -0.4 is 10.6 Å². The molecule has 1 unspecified atom stereocenters. The summed E-state index contributed by atoms with van der Waals surface area (Å²) >= 11 is 0. The smallest absolute Gasteiger partial charge is 0.191 e. The van der Waals surface area contributed by atoms with Crippen LogP contribution in [0.1, 0.15) is 77.6 Å². The van der Waals surface area contributed by atoms with Crippen LogP contribution in [0.3, 0.4) is 0 Å². The molecule has 150 valence electrons. The van der Waals surface area contributed by atoms with Gasteiger partial charge in [-0.1, -0.05) is 32.6 Å². The van der Waals surface area contributed by atoms with Gasteiger partial charge in [0.2, 0.25) is 0 Å². The number of guanidine groups is 1. The first-order chi connectivity index (χ1) is 12.5. The summed E-state index contributed by atoms with van der Waals surface area (Å²) in [5.74, 6) is 2.67. The number of hydrogen-bond donors (Lipinski definition) is 2. The van der Waals surface area contributed by atoms with Crippen LogP contribution in [0.2, 0.25) is 0 Å². The number of nitrogens with zero attached hydrogens (tertiary/aromatic N) is 1. The summed E-state index contributed by atoms with van der Waals surface area (Å²) in [6, 6.07) is 1.04. The van der Waals surface area contributed by atoms with Crippen molar-refractivity contribution < 1.29 is 8.42 Å². The zero-order valence-electron chi connectivity index (χ0n) is 16.4. The van der Waals surface area contributed by atoms with E-state index in [2.05, 4.69) is 17.6 Å². The molecule has 1 saturated heterocycles. The highest BCUT2D eigenvalue weighted by Gasteiger charge is 2.28. The van der Waals surface area contributed by atoms with Crippen LogP contribution in [0, 0.1) is 11.8 Å². The van der Waals surface area contributed by atoms with Gasteiger partial charge in [0.1, 0.15) is 0 Å². The van der Waals surface area contributed by atoms with Gasteiger partial charge in [-0.3, -0.25) is 4.99 Å². The maximum atomic E-state index is 11.7. The van der Waals surface area contributed by atoms with Crippen molar-refractivity contribution in [3.8, 4) is 0 Å². The number of aliphatic imine (C=N–C) groups is 1. The molecule has 0 spiro atoms. The van der Waals surface area contributed by atoms with E-state index in [1.807, 2.05) is 0 Å². The molecule has 2 aliphatic carbocycles. The van der Waals surface area contributed by atoms with Gasteiger partial charge < -0.3 is 10.6 Å². The molecule has 1 atom stereocenters. The molecule has 5 nitrogen and oxygen atoms in total. The molecule has 3 rings (SSSR count). The van der Waals surface area contributed by atoms with Crippen molar-refractivity contribution in [1.29, 1.82) is 0 Å². The largest absolute Gasteiger partial charge is 0.354 e. The van der Waals surface area contributed by atoms with Crippen molar-refractivity contribution in [2.75, 3.05) is 18.1 Å². The highest BCUT2D eigenvalue weighted by atomic mass is 32.2. The Balaban J connectivity index is 1.56. The van der Waals surface area contributed by atoms with E-state index >= 15 is 0 Å². The lowest BCUT2D eigenvalue weighted by molar-refractivity contribution is 0.302. The van der Waals surface area contributed by atoms with Gasteiger partial charge in [0.25, 0.3) is 0 Å². The highest BCUT2D eigenvalue weighted by Crippen LogP contribution is 2.26. The van der Waals surface area contributed by atoms with E-state index in [4.69, 9.17) is 4.99 Å². The number of rotatable bonds is 5. The molecule has 2 N–H and O–H groups in total. The Bertz CT molecular complexity index is 562. The summed E-state index contributed by atoms with van der Waals surface area (Å²) in [5.41, 5.74) is 0.